The van der Waals surface area contributed by atoms with Crippen LogP contribution in [0.1, 0.15) is 0 Å². The van der Waals surface area contributed by atoms with E-state index in [-0.39, 0.29) is 0 Å². The Morgan fingerprint density at radius 3 is 1.59 bits per heavy atom. The van der Waals surface area contributed by atoms with Crippen LogP contribution in [0.2, 0.25) is 0 Å². The van der Waals surface area contributed by atoms with E-state index in [0.717, 1.165) is 44.9 Å². The minimum Gasteiger partial charge on any atom is -0.309 e. The second kappa shape index (κ2) is 13.3. The summed E-state index contributed by atoms with van der Waals surface area (Å²) in [5.41, 5.74) is 13.1. The van der Waals surface area contributed by atoms with Crippen LogP contribution in [0.5, 0.6) is 0 Å². The number of aromatic nitrogens is 3. The number of nitrogens with zero attached hydrogens (tertiary/aromatic N) is 3. The molecule has 0 N–H and O–H groups in total. The third-order valence-corrected chi connectivity index (χ3v) is 11.9. The molecule has 0 aliphatic rings. The van der Waals surface area contributed by atoms with E-state index in [1.165, 1.54) is 53.1 Å². The van der Waals surface area contributed by atoms with Gasteiger partial charge in [0.2, 0.25) is 0 Å². The van der Waals surface area contributed by atoms with Crippen molar-refractivity contribution in [2.24, 2.45) is 0 Å². The van der Waals surface area contributed by atoms with Gasteiger partial charge < -0.3 is 4.57 Å². The molecule has 3 aromatic heterocycles. The SMILES string of the molecule is c1ccc(-c2ccc3c(c2)c2cc(-c4cccc(-c5nc(-c6ccccc6)cc(-c6ccc7c(c6)sc6ccccc67)n5)c4)ccc2n3-c2ccccc2)cc1. The molecule has 0 aliphatic heterocycles. The van der Waals surface area contributed by atoms with Gasteiger partial charge in [0.15, 0.2) is 5.82 Å². The first-order chi connectivity index (χ1) is 27.7. The van der Waals surface area contributed by atoms with Crippen LogP contribution in [-0.2, 0) is 0 Å². The minimum absolute atomic E-state index is 0.703. The molecule has 0 fully saturated rings. The van der Waals surface area contributed by atoms with Gasteiger partial charge in [-0.2, -0.15) is 0 Å². The maximum atomic E-state index is 5.25. The van der Waals surface area contributed by atoms with Crippen LogP contribution in [0.4, 0.5) is 0 Å². The molecule has 8 aromatic carbocycles. The first-order valence-electron chi connectivity index (χ1n) is 18.9. The van der Waals surface area contributed by atoms with E-state index in [0.29, 0.717) is 5.82 Å². The lowest BCUT2D eigenvalue weighted by molar-refractivity contribution is 1.18. The molecule has 0 spiro atoms. The third kappa shape index (κ3) is 5.58. The van der Waals surface area contributed by atoms with Gasteiger partial charge in [0.25, 0.3) is 0 Å². The molecule has 11 aromatic rings. The first kappa shape index (κ1) is 32.3. The summed E-state index contributed by atoms with van der Waals surface area (Å²) in [6.07, 6.45) is 0. The van der Waals surface area contributed by atoms with E-state index in [2.05, 4.69) is 199 Å². The highest BCUT2D eigenvalue weighted by Crippen LogP contribution is 2.39. The fourth-order valence-electron chi connectivity index (χ4n) is 8.07. The summed E-state index contributed by atoms with van der Waals surface area (Å²) >= 11 is 1.83. The van der Waals surface area contributed by atoms with Gasteiger partial charge in [-0.15, -0.1) is 11.3 Å². The van der Waals surface area contributed by atoms with Crippen molar-refractivity contribution < 1.29 is 0 Å². The van der Waals surface area contributed by atoms with Crippen molar-refractivity contribution in [3.63, 3.8) is 0 Å². The number of benzene rings is 8. The Morgan fingerprint density at radius 1 is 0.321 bits per heavy atom. The van der Waals surface area contributed by atoms with Crippen molar-refractivity contribution in [3.8, 4) is 61.8 Å². The molecule has 56 heavy (non-hydrogen) atoms. The summed E-state index contributed by atoms with van der Waals surface area (Å²) in [7, 11) is 0. The van der Waals surface area contributed by atoms with E-state index >= 15 is 0 Å². The van der Waals surface area contributed by atoms with Crippen LogP contribution in [0.3, 0.4) is 0 Å². The number of fused-ring (bicyclic) bond motifs is 6. The Labute approximate surface area is 328 Å². The fraction of sp³-hybridized carbons (Fsp3) is 0. The summed E-state index contributed by atoms with van der Waals surface area (Å²) in [5, 5.41) is 5.01. The highest BCUT2D eigenvalue weighted by atomic mass is 32.1. The largest absolute Gasteiger partial charge is 0.309 e. The molecular weight excluding hydrogens is 699 g/mol. The van der Waals surface area contributed by atoms with Gasteiger partial charge in [0, 0.05) is 53.3 Å². The maximum Gasteiger partial charge on any atom is 0.160 e. The second-order valence-electron chi connectivity index (χ2n) is 14.2. The average molecular weight is 732 g/mol. The Bertz CT molecular complexity index is 3240. The zero-order valence-electron chi connectivity index (χ0n) is 30.3. The standard InChI is InChI=1S/C52H33N3S/c1-4-13-34(14-5-1)37-24-27-48-44(30-37)45-31-38(25-28-49(45)55(48)41-19-8-3-9-20-41)36-17-12-18-40(29-36)52-53-46(35-15-6-2-7-16-35)33-47(54-52)39-23-26-43-42-21-10-11-22-50(42)56-51(43)32-39/h1-33H. The molecular formula is C52H33N3S. The van der Waals surface area contributed by atoms with Crippen molar-refractivity contribution in [3.05, 3.63) is 200 Å². The molecule has 11 rings (SSSR count). The zero-order chi connectivity index (χ0) is 37.0. The van der Waals surface area contributed by atoms with Gasteiger partial charge in [0.1, 0.15) is 0 Å². The average Bonchev–Trinajstić information content (AvgIpc) is 3.82. The van der Waals surface area contributed by atoms with Crippen molar-refractivity contribution in [2.45, 2.75) is 0 Å². The molecule has 0 aliphatic carbocycles. The lowest BCUT2D eigenvalue weighted by atomic mass is 9.99. The predicted molar refractivity (Wildman–Crippen MR) is 236 cm³/mol. The highest BCUT2D eigenvalue weighted by molar-refractivity contribution is 7.25. The second-order valence-corrected chi connectivity index (χ2v) is 15.3. The molecule has 0 radical (unpaired) electrons. The lowest BCUT2D eigenvalue weighted by Crippen LogP contribution is -1.96. The van der Waals surface area contributed by atoms with Gasteiger partial charge in [0.05, 0.1) is 22.4 Å². The van der Waals surface area contributed by atoms with Crippen LogP contribution < -0.4 is 0 Å². The van der Waals surface area contributed by atoms with Crippen LogP contribution >= 0.6 is 11.3 Å². The first-order valence-corrected chi connectivity index (χ1v) is 19.7. The predicted octanol–water partition coefficient (Wildman–Crippen LogP) is 14.3. The maximum absolute atomic E-state index is 5.25. The van der Waals surface area contributed by atoms with Gasteiger partial charge in [-0.1, -0.05) is 140 Å². The Morgan fingerprint density at radius 2 is 0.857 bits per heavy atom. The van der Waals surface area contributed by atoms with Crippen molar-refractivity contribution in [2.75, 3.05) is 0 Å². The Kier molecular flexibility index (Phi) is 7.68. The minimum atomic E-state index is 0.703. The van der Waals surface area contributed by atoms with E-state index in [1.807, 2.05) is 17.4 Å². The summed E-state index contributed by atoms with van der Waals surface area (Å²) in [6, 6.07) is 71.5. The molecule has 0 atom stereocenters. The number of hydrogen-bond donors (Lipinski definition) is 0. The van der Waals surface area contributed by atoms with Gasteiger partial charge in [-0.3, -0.25) is 0 Å². The van der Waals surface area contributed by atoms with Gasteiger partial charge >= 0.3 is 0 Å². The quantitative estimate of drug-likeness (QED) is 0.170. The van der Waals surface area contributed by atoms with Crippen LogP contribution in [0.15, 0.2) is 200 Å². The molecule has 4 heteroatoms. The molecule has 0 amide bonds. The van der Waals surface area contributed by atoms with Gasteiger partial charge in [-0.25, -0.2) is 9.97 Å². The monoisotopic (exact) mass is 731 g/mol. The number of hydrogen-bond acceptors (Lipinski definition) is 3. The summed E-state index contributed by atoms with van der Waals surface area (Å²) < 4.78 is 4.93. The van der Waals surface area contributed by atoms with Crippen LogP contribution in [0.25, 0.3) is 104 Å². The van der Waals surface area contributed by atoms with E-state index in [4.69, 9.17) is 9.97 Å². The molecule has 3 nitrogen and oxygen atoms in total. The summed E-state index contributed by atoms with van der Waals surface area (Å²) in [4.78, 5) is 10.4. The summed E-state index contributed by atoms with van der Waals surface area (Å²) in [5.74, 6) is 0.703. The molecule has 3 heterocycles. The number of rotatable bonds is 6. The molecule has 0 unspecified atom stereocenters. The summed E-state index contributed by atoms with van der Waals surface area (Å²) in [6.45, 7) is 0. The molecule has 0 saturated heterocycles. The van der Waals surface area contributed by atoms with Crippen molar-refractivity contribution in [1.82, 2.24) is 14.5 Å². The van der Waals surface area contributed by atoms with E-state index in [9.17, 15) is 0 Å². The normalized spacial score (nSPS) is 11.6. The lowest BCUT2D eigenvalue weighted by Gasteiger charge is -2.11. The number of para-hydroxylation sites is 1. The van der Waals surface area contributed by atoms with E-state index in [1.54, 1.807) is 0 Å². The van der Waals surface area contributed by atoms with Crippen molar-refractivity contribution in [1.29, 1.82) is 0 Å². The van der Waals surface area contributed by atoms with Gasteiger partial charge in [-0.05, 0) is 82.9 Å². The van der Waals surface area contributed by atoms with Crippen LogP contribution in [-0.4, -0.2) is 14.5 Å². The van der Waals surface area contributed by atoms with E-state index < -0.39 is 0 Å². The van der Waals surface area contributed by atoms with Crippen LogP contribution in [0, 0.1) is 0 Å². The smallest absolute Gasteiger partial charge is 0.160 e. The number of thiophene rings is 1. The molecule has 0 saturated carbocycles. The Hall–Kier alpha value is -7.14. The highest BCUT2D eigenvalue weighted by Gasteiger charge is 2.17. The third-order valence-electron chi connectivity index (χ3n) is 10.8. The molecule has 262 valence electrons. The molecule has 0 bridgehead atoms. The van der Waals surface area contributed by atoms with Crippen molar-refractivity contribution >= 4 is 53.3 Å². The fourth-order valence-corrected chi connectivity index (χ4v) is 9.22. The zero-order valence-corrected chi connectivity index (χ0v) is 31.1. The Balaban J connectivity index is 1.05. The topological polar surface area (TPSA) is 30.7 Å².